The van der Waals surface area contributed by atoms with Gasteiger partial charge in [-0.1, -0.05) is 59.1 Å². The van der Waals surface area contributed by atoms with Gasteiger partial charge in [0.1, 0.15) is 12.1 Å². The second kappa shape index (κ2) is 6.95. The lowest BCUT2D eigenvalue weighted by molar-refractivity contribution is -0.134. The largest absolute Gasteiger partial charge is 0.325 e. The molecule has 6 nitrogen and oxygen atoms in total. The fraction of sp³-hybridized carbons (Fsp3) is 0.211. The van der Waals surface area contributed by atoms with Crippen LogP contribution in [0.3, 0.4) is 0 Å². The number of anilines is 1. The van der Waals surface area contributed by atoms with Gasteiger partial charge in [0.2, 0.25) is 5.91 Å². The van der Waals surface area contributed by atoms with Crippen LogP contribution in [0.15, 0.2) is 36.4 Å². The standard InChI is InChI=1S/C19H14Cl3N3O3/c20-12-7-14(22)15(8-13(12)21)23-16(26)9-25-17(27)19(24-18(25)28)6-5-10-3-1-2-4-11(10)19/h1-4,7-8H,5-6,9H2,(H,23,26)(H,24,28)/t19-/m0/s1. The fourth-order valence-corrected chi connectivity index (χ4v) is 4.28. The van der Waals surface area contributed by atoms with E-state index in [2.05, 4.69) is 10.6 Å². The van der Waals surface area contributed by atoms with Crippen molar-refractivity contribution in [1.29, 1.82) is 0 Å². The minimum atomic E-state index is -1.10. The monoisotopic (exact) mass is 437 g/mol. The molecule has 0 bridgehead atoms. The molecule has 0 unspecified atom stereocenters. The Balaban J connectivity index is 1.53. The van der Waals surface area contributed by atoms with E-state index in [0.717, 1.165) is 16.0 Å². The van der Waals surface area contributed by atoms with Crippen LogP contribution in [0.1, 0.15) is 17.5 Å². The Morgan fingerprint density at radius 1 is 1.11 bits per heavy atom. The normalized spacial score (nSPS) is 20.5. The molecule has 4 rings (SSSR count). The third-order valence-corrected chi connectivity index (χ3v) is 6.04. The second-order valence-corrected chi connectivity index (χ2v) is 7.90. The number of rotatable bonds is 3. The summed E-state index contributed by atoms with van der Waals surface area (Å²) in [6.45, 7) is -0.439. The Morgan fingerprint density at radius 2 is 1.82 bits per heavy atom. The predicted molar refractivity (Wildman–Crippen MR) is 107 cm³/mol. The first kappa shape index (κ1) is 19.1. The molecule has 9 heteroatoms. The summed E-state index contributed by atoms with van der Waals surface area (Å²) in [6, 6.07) is 9.70. The molecule has 1 atom stereocenters. The summed E-state index contributed by atoms with van der Waals surface area (Å²) in [6.07, 6.45) is 1.15. The van der Waals surface area contributed by atoms with Crippen molar-refractivity contribution in [1.82, 2.24) is 10.2 Å². The molecule has 1 heterocycles. The third kappa shape index (κ3) is 3.02. The molecule has 28 heavy (non-hydrogen) atoms. The predicted octanol–water partition coefficient (Wildman–Crippen LogP) is 3.98. The number of nitrogens with zero attached hydrogens (tertiary/aromatic N) is 1. The Bertz CT molecular complexity index is 1030. The number of amides is 4. The fourth-order valence-electron chi connectivity index (χ4n) is 3.68. The molecule has 1 fully saturated rings. The summed E-state index contributed by atoms with van der Waals surface area (Å²) in [5.41, 5.74) is 0.942. The van der Waals surface area contributed by atoms with Gasteiger partial charge in [0, 0.05) is 0 Å². The number of hydrogen-bond acceptors (Lipinski definition) is 3. The highest BCUT2D eigenvalue weighted by Gasteiger charge is 2.55. The Labute approximate surface area is 175 Å². The number of benzene rings is 2. The molecule has 0 saturated carbocycles. The molecule has 0 aromatic heterocycles. The van der Waals surface area contributed by atoms with Gasteiger partial charge in [-0.2, -0.15) is 0 Å². The van der Waals surface area contributed by atoms with Gasteiger partial charge in [-0.3, -0.25) is 14.5 Å². The molecule has 0 radical (unpaired) electrons. The van der Waals surface area contributed by atoms with Crippen LogP contribution < -0.4 is 10.6 Å². The molecular weight excluding hydrogens is 425 g/mol. The molecule has 2 N–H and O–H groups in total. The Kier molecular flexibility index (Phi) is 4.73. The maximum Gasteiger partial charge on any atom is 0.325 e. The van der Waals surface area contributed by atoms with Crippen molar-refractivity contribution < 1.29 is 14.4 Å². The van der Waals surface area contributed by atoms with E-state index in [-0.39, 0.29) is 20.8 Å². The number of urea groups is 1. The molecule has 2 aromatic carbocycles. The third-order valence-electron chi connectivity index (χ3n) is 5.01. The van der Waals surface area contributed by atoms with E-state index in [0.29, 0.717) is 12.8 Å². The summed E-state index contributed by atoms with van der Waals surface area (Å²) < 4.78 is 0. The number of imide groups is 1. The zero-order chi connectivity index (χ0) is 20.1. The average Bonchev–Trinajstić information content (AvgIpc) is 3.13. The summed E-state index contributed by atoms with van der Waals surface area (Å²) in [7, 11) is 0. The average molecular weight is 439 g/mol. The van der Waals surface area contributed by atoms with Crippen molar-refractivity contribution in [3.8, 4) is 0 Å². The van der Waals surface area contributed by atoms with E-state index in [1.54, 1.807) is 0 Å². The number of nitrogens with one attached hydrogen (secondary N) is 2. The molecule has 4 amide bonds. The summed E-state index contributed by atoms with van der Waals surface area (Å²) in [4.78, 5) is 38.9. The molecule has 1 aliphatic carbocycles. The SMILES string of the molecule is O=C(CN1C(=O)N[C@]2(CCc3ccccc32)C1=O)Nc1cc(Cl)c(Cl)cc1Cl. The van der Waals surface area contributed by atoms with Gasteiger partial charge < -0.3 is 10.6 Å². The van der Waals surface area contributed by atoms with Gasteiger partial charge in [-0.15, -0.1) is 0 Å². The van der Waals surface area contributed by atoms with Gasteiger partial charge in [-0.25, -0.2) is 4.79 Å². The van der Waals surface area contributed by atoms with E-state index in [4.69, 9.17) is 34.8 Å². The minimum Gasteiger partial charge on any atom is -0.323 e. The van der Waals surface area contributed by atoms with Gasteiger partial charge in [0.25, 0.3) is 5.91 Å². The first-order chi connectivity index (χ1) is 13.3. The van der Waals surface area contributed by atoms with Crippen LogP contribution in [0, 0.1) is 0 Å². The van der Waals surface area contributed by atoms with Crippen molar-refractivity contribution in [3.05, 3.63) is 62.6 Å². The highest BCUT2D eigenvalue weighted by Crippen LogP contribution is 2.41. The molecule has 2 aromatic rings. The lowest BCUT2D eigenvalue weighted by Gasteiger charge is -2.22. The molecule has 1 saturated heterocycles. The molecular formula is C19H14Cl3N3O3. The zero-order valence-electron chi connectivity index (χ0n) is 14.4. The van der Waals surface area contributed by atoms with Crippen molar-refractivity contribution in [3.63, 3.8) is 0 Å². The maximum absolute atomic E-state index is 13.1. The topological polar surface area (TPSA) is 78.5 Å². The van der Waals surface area contributed by atoms with Crippen LogP contribution in [0.2, 0.25) is 15.1 Å². The quantitative estimate of drug-likeness (QED) is 0.562. The number of halogens is 3. The highest BCUT2D eigenvalue weighted by molar-refractivity contribution is 6.44. The number of aryl methyl sites for hydroxylation is 1. The van der Waals surface area contributed by atoms with Crippen LogP contribution in [0.5, 0.6) is 0 Å². The van der Waals surface area contributed by atoms with Crippen LogP contribution in [-0.2, 0) is 21.5 Å². The van der Waals surface area contributed by atoms with Crippen molar-refractivity contribution in [2.75, 3.05) is 11.9 Å². The van der Waals surface area contributed by atoms with E-state index in [1.807, 2.05) is 24.3 Å². The van der Waals surface area contributed by atoms with E-state index < -0.39 is 29.9 Å². The van der Waals surface area contributed by atoms with Gasteiger partial charge in [0.15, 0.2) is 0 Å². The highest BCUT2D eigenvalue weighted by atomic mass is 35.5. The van der Waals surface area contributed by atoms with Crippen LogP contribution in [0.25, 0.3) is 0 Å². The van der Waals surface area contributed by atoms with Crippen LogP contribution in [-0.4, -0.2) is 29.3 Å². The van der Waals surface area contributed by atoms with Crippen LogP contribution >= 0.6 is 34.8 Å². The molecule has 1 spiro atoms. The minimum absolute atomic E-state index is 0.196. The van der Waals surface area contributed by atoms with E-state index in [1.165, 1.54) is 12.1 Å². The number of carbonyl (C=O) groups is 3. The first-order valence-corrected chi connectivity index (χ1v) is 9.62. The zero-order valence-corrected chi connectivity index (χ0v) is 16.7. The van der Waals surface area contributed by atoms with Crippen molar-refractivity contribution in [2.24, 2.45) is 0 Å². The molecule has 144 valence electrons. The van der Waals surface area contributed by atoms with Crippen molar-refractivity contribution >= 4 is 58.3 Å². The summed E-state index contributed by atoms with van der Waals surface area (Å²) in [5.74, 6) is -1.01. The number of fused-ring (bicyclic) bond motifs is 2. The van der Waals surface area contributed by atoms with E-state index in [9.17, 15) is 14.4 Å². The lowest BCUT2D eigenvalue weighted by Crippen LogP contribution is -2.43. The molecule has 1 aliphatic heterocycles. The first-order valence-electron chi connectivity index (χ1n) is 8.49. The lowest BCUT2D eigenvalue weighted by atomic mass is 9.92. The Morgan fingerprint density at radius 3 is 2.61 bits per heavy atom. The summed E-state index contributed by atoms with van der Waals surface area (Å²) >= 11 is 17.9. The smallest absolute Gasteiger partial charge is 0.323 e. The van der Waals surface area contributed by atoms with Gasteiger partial charge >= 0.3 is 6.03 Å². The van der Waals surface area contributed by atoms with E-state index >= 15 is 0 Å². The van der Waals surface area contributed by atoms with Gasteiger partial charge in [0.05, 0.1) is 20.8 Å². The van der Waals surface area contributed by atoms with Crippen LogP contribution in [0.4, 0.5) is 10.5 Å². The summed E-state index contributed by atoms with van der Waals surface area (Å²) in [5, 5.41) is 6.00. The number of hydrogen-bond donors (Lipinski definition) is 2. The maximum atomic E-state index is 13.1. The van der Waals surface area contributed by atoms with Gasteiger partial charge in [-0.05, 0) is 36.1 Å². The number of carbonyl (C=O) groups excluding carboxylic acids is 3. The second-order valence-electron chi connectivity index (χ2n) is 6.68. The molecule has 2 aliphatic rings. The Hall–Kier alpha value is -2.28. The van der Waals surface area contributed by atoms with Crippen molar-refractivity contribution in [2.45, 2.75) is 18.4 Å².